The summed E-state index contributed by atoms with van der Waals surface area (Å²) in [5.41, 5.74) is 1.59. The molecule has 6 nitrogen and oxygen atoms in total. The number of oxime groups is 1. The molecule has 1 aromatic carbocycles. The fourth-order valence-electron chi connectivity index (χ4n) is 1.90. The first-order chi connectivity index (χ1) is 8.84. The molecule has 0 N–H and O–H groups in total. The molecule has 0 fully saturated rings. The maximum atomic E-state index is 10.6. The molecule has 0 aromatic heterocycles. The molecule has 1 aromatic rings. The van der Waals surface area contributed by atoms with Crippen LogP contribution in [0.4, 0.5) is 5.69 Å². The van der Waals surface area contributed by atoms with Gasteiger partial charge in [0.15, 0.2) is 0 Å². The van der Waals surface area contributed by atoms with Crippen LogP contribution < -0.4 is 0 Å². The van der Waals surface area contributed by atoms with E-state index in [0.29, 0.717) is 0 Å². The van der Waals surface area contributed by atoms with Gasteiger partial charge < -0.3 is 4.84 Å². The van der Waals surface area contributed by atoms with E-state index in [1.54, 1.807) is 12.1 Å². The summed E-state index contributed by atoms with van der Waals surface area (Å²) < 4.78 is 0. The predicted octanol–water partition coefficient (Wildman–Crippen LogP) is 2.71. The Morgan fingerprint density at radius 3 is 2.47 bits per heavy atom. The van der Waals surface area contributed by atoms with E-state index in [0.717, 1.165) is 11.3 Å². The molecule has 1 atom stereocenters. The summed E-state index contributed by atoms with van der Waals surface area (Å²) in [4.78, 5) is 17.7. The van der Waals surface area contributed by atoms with E-state index < -0.39 is 4.92 Å². The molecule has 1 aliphatic heterocycles. The molecule has 102 valence electrons. The summed E-state index contributed by atoms with van der Waals surface area (Å²) in [6, 6.07) is 6.35. The molecular weight excluding hydrogens is 246 g/mol. The summed E-state index contributed by atoms with van der Waals surface area (Å²) in [5, 5.41) is 14.7. The minimum Gasteiger partial charge on any atom is -0.371 e. The van der Waals surface area contributed by atoms with Gasteiger partial charge in [0.05, 0.1) is 16.2 Å². The second-order valence-corrected chi connectivity index (χ2v) is 5.15. The normalized spacial score (nSPS) is 22.5. The molecule has 6 heteroatoms. The van der Waals surface area contributed by atoms with Crippen LogP contribution in [0.5, 0.6) is 0 Å². The van der Waals surface area contributed by atoms with E-state index in [1.165, 1.54) is 12.1 Å². The SMILES string of the molecule is CC1=NOC(c2ccc([N+](=O)[O-])cc2)N(C)C1(C)C. The van der Waals surface area contributed by atoms with E-state index in [9.17, 15) is 10.1 Å². The van der Waals surface area contributed by atoms with Crippen LogP contribution in [0, 0.1) is 10.1 Å². The zero-order valence-corrected chi connectivity index (χ0v) is 11.5. The van der Waals surface area contributed by atoms with Crippen LogP contribution in [0.25, 0.3) is 0 Å². The lowest BCUT2D eigenvalue weighted by Crippen LogP contribution is -2.51. The highest BCUT2D eigenvalue weighted by Crippen LogP contribution is 2.33. The van der Waals surface area contributed by atoms with Crippen molar-refractivity contribution >= 4 is 11.4 Å². The zero-order valence-electron chi connectivity index (χ0n) is 11.5. The minimum atomic E-state index is -0.415. The van der Waals surface area contributed by atoms with Gasteiger partial charge in [-0.05, 0) is 40.0 Å². The van der Waals surface area contributed by atoms with E-state index in [2.05, 4.69) is 23.9 Å². The molecule has 0 amide bonds. The predicted molar refractivity (Wildman–Crippen MR) is 71.9 cm³/mol. The number of hydrogen-bond donors (Lipinski definition) is 0. The Kier molecular flexibility index (Phi) is 3.28. The first-order valence-electron chi connectivity index (χ1n) is 6.02. The highest BCUT2D eigenvalue weighted by atomic mass is 16.7. The number of nitro benzene ring substituents is 1. The van der Waals surface area contributed by atoms with Crippen molar-refractivity contribution in [3.63, 3.8) is 0 Å². The molecular formula is C13H17N3O3. The molecule has 1 unspecified atom stereocenters. The van der Waals surface area contributed by atoms with Crippen molar-refractivity contribution in [2.24, 2.45) is 5.16 Å². The van der Waals surface area contributed by atoms with E-state index in [4.69, 9.17) is 4.84 Å². The molecule has 1 aliphatic rings. The van der Waals surface area contributed by atoms with Crippen LogP contribution in [0.3, 0.4) is 0 Å². The van der Waals surface area contributed by atoms with Crippen molar-refractivity contribution in [2.45, 2.75) is 32.5 Å². The van der Waals surface area contributed by atoms with E-state index in [1.807, 2.05) is 14.0 Å². The molecule has 0 saturated carbocycles. The Balaban J connectivity index is 2.30. The molecule has 0 aliphatic carbocycles. The van der Waals surface area contributed by atoms with Crippen molar-refractivity contribution in [3.8, 4) is 0 Å². The molecule has 2 rings (SSSR count). The second-order valence-electron chi connectivity index (χ2n) is 5.15. The van der Waals surface area contributed by atoms with Crippen molar-refractivity contribution in [1.29, 1.82) is 0 Å². The fraction of sp³-hybridized carbons (Fsp3) is 0.462. The van der Waals surface area contributed by atoms with Gasteiger partial charge in [0.2, 0.25) is 6.23 Å². The Bertz CT molecular complexity index is 522. The van der Waals surface area contributed by atoms with Crippen molar-refractivity contribution in [1.82, 2.24) is 4.90 Å². The van der Waals surface area contributed by atoms with E-state index >= 15 is 0 Å². The minimum absolute atomic E-state index is 0.0705. The maximum absolute atomic E-state index is 10.6. The van der Waals surface area contributed by atoms with Crippen molar-refractivity contribution in [2.75, 3.05) is 7.05 Å². The fourth-order valence-corrected chi connectivity index (χ4v) is 1.90. The summed E-state index contributed by atoms with van der Waals surface area (Å²) in [5.74, 6) is 0. The number of hydrogen-bond acceptors (Lipinski definition) is 5. The Morgan fingerprint density at radius 2 is 1.95 bits per heavy atom. The molecule has 0 radical (unpaired) electrons. The first kappa shape index (κ1) is 13.5. The third kappa shape index (κ3) is 2.31. The summed E-state index contributed by atoms with van der Waals surface area (Å²) in [6.07, 6.45) is -0.334. The summed E-state index contributed by atoms with van der Waals surface area (Å²) in [7, 11) is 1.95. The van der Waals surface area contributed by atoms with Gasteiger partial charge in [-0.1, -0.05) is 5.16 Å². The number of benzene rings is 1. The first-order valence-corrected chi connectivity index (χ1v) is 6.02. The third-order valence-corrected chi connectivity index (χ3v) is 3.80. The quantitative estimate of drug-likeness (QED) is 0.607. The van der Waals surface area contributed by atoms with Gasteiger partial charge >= 0.3 is 0 Å². The average Bonchev–Trinajstić information content (AvgIpc) is 2.37. The van der Waals surface area contributed by atoms with Crippen LogP contribution in [-0.4, -0.2) is 28.1 Å². The van der Waals surface area contributed by atoms with Crippen molar-refractivity contribution in [3.05, 3.63) is 39.9 Å². The van der Waals surface area contributed by atoms with Crippen molar-refractivity contribution < 1.29 is 9.76 Å². The number of non-ortho nitro benzene ring substituents is 1. The van der Waals surface area contributed by atoms with Gasteiger partial charge in [-0.25, -0.2) is 0 Å². The smallest absolute Gasteiger partial charge is 0.269 e. The zero-order chi connectivity index (χ0) is 14.2. The van der Waals surface area contributed by atoms with Gasteiger partial charge in [0.1, 0.15) is 0 Å². The van der Waals surface area contributed by atoms with Gasteiger partial charge in [-0.2, -0.15) is 0 Å². The molecule has 19 heavy (non-hydrogen) atoms. The largest absolute Gasteiger partial charge is 0.371 e. The Morgan fingerprint density at radius 1 is 1.37 bits per heavy atom. The van der Waals surface area contributed by atoms with Crippen LogP contribution in [0.15, 0.2) is 29.4 Å². The number of nitrogens with zero attached hydrogens (tertiary/aromatic N) is 3. The summed E-state index contributed by atoms with van der Waals surface area (Å²) >= 11 is 0. The lowest BCUT2D eigenvalue weighted by Gasteiger charge is -2.42. The number of rotatable bonds is 2. The summed E-state index contributed by atoms with van der Waals surface area (Å²) in [6.45, 7) is 6.04. The van der Waals surface area contributed by atoms with Gasteiger partial charge in [0, 0.05) is 17.7 Å². The lowest BCUT2D eigenvalue weighted by atomic mass is 9.95. The third-order valence-electron chi connectivity index (χ3n) is 3.80. The van der Waals surface area contributed by atoms with Gasteiger partial charge in [-0.15, -0.1) is 0 Å². The highest BCUT2D eigenvalue weighted by molar-refractivity contribution is 5.90. The number of nitro groups is 1. The molecule has 0 bridgehead atoms. The van der Waals surface area contributed by atoms with Crippen LogP contribution >= 0.6 is 0 Å². The van der Waals surface area contributed by atoms with Gasteiger partial charge in [0.25, 0.3) is 5.69 Å². The Hall–Kier alpha value is -1.95. The highest BCUT2D eigenvalue weighted by Gasteiger charge is 2.38. The van der Waals surface area contributed by atoms with E-state index in [-0.39, 0.29) is 17.5 Å². The van der Waals surface area contributed by atoms with Crippen LogP contribution in [-0.2, 0) is 4.84 Å². The molecule has 0 spiro atoms. The van der Waals surface area contributed by atoms with Gasteiger partial charge in [-0.3, -0.25) is 15.0 Å². The average molecular weight is 263 g/mol. The maximum Gasteiger partial charge on any atom is 0.269 e. The van der Waals surface area contributed by atoms with Crippen LogP contribution in [0.2, 0.25) is 0 Å². The van der Waals surface area contributed by atoms with Crippen LogP contribution in [0.1, 0.15) is 32.6 Å². The lowest BCUT2D eigenvalue weighted by molar-refractivity contribution is -0.384. The molecule has 0 saturated heterocycles. The Labute approximate surface area is 111 Å². The molecule has 1 heterocycles. The standard InChI is InChI=1S/C13H17N3O3/c1-9-13(2,3)15(4)12(19-14-9)10-5-7-11(8-6-10)16(17)18/h5-8,12H,1-4H3. The second kappa shape index (κ2) is 4.62. The topological polar surface area (TPSA) is 68.0 Å². The monoisotopic (exact) mass is 263 g/mol.